The smallest absolute Gasteiger partial charge is 0.165 e. The highest BCUT2D eigenvalue weighted by molar-refractivity contribution is 5.76. The SMILES string of the molecule is CCn1c(C(C)NCc2ccc(OC)c(F)c2)nc2ccccc21. The van der Waals surface area contributed by atoms with Gasteiger partial charge < -0.3 is 14.6 Å². The van der Waals surface area contributed by atoms with Gasteiger partial charge in [-0.2, -0.15) is 0 Å². The Balaban J connectivity index is 1.78. The summed E-state index contributed by atoms with van der Waals surface area (Å²) in [6, 6.07) is 13.2. The molecule has 0 spiro atoms. The highest BCUT2D eigenvalue weighted by atomic mass is 19.1. The minimum Gasteiger partial charge on any atom is -0.494 e. The van der Waals surface area contributed by atoms with Gasteiger partial charge in [0.1, 0.15) is 5.82 Å². The molecule has 0 fully saturated rings. The van der Waals surface area contributed by atoms with Crippen LogP contribution in [0.1, 0.15) is 31.3 Å². The second-order valence-electron chi connectivity index (χ2n) is 5.77. The van der Waals surface area contributed by atoms with E-state index in [-0.39, 0.29) is 17.6 Å². The molecular formula is C19H22FN3O. The Kier molecular flexibility index (Phi) is 4.81. The number of rotatable bonds is 6. The van der Waals surface area contributed by atoms with Crippen molar-refractivity contribution in [3.63, 3.8) is 0 Å². The molecule has 0 aliphatic carbocycles. The molecule has 1 N–H and O–H groups in total. The zero-order chi connectivity index (χ0) is 17.1. The summed E-state index contributed by atoms with van der Waals surface area (Å²) in [5.74, 6) is 0.914. The molecule has 0 saturated carbocycles. The van der Waals surface area contributed by atoms with Crippen molar-refractivity contribution >= 4 is 11.0 Å². The highest BCUT2D eigenvalue weighted by Gasteiger charge is 2.15. The molecule has 1 atom stereocenters. The summed E-state index contributed by atoms with van der Waals surface area (Å²) in [4.78, 5) is 4.75. The minimum absolute atomic E-state index is 0.0579. The largest absolute Gasteiger partial charge is 0.494 e. The van der Waals surface area contributed by atoms with Crippen molar-refractivity contribution in [1.29, 1.82) is 0 Å². The molecule has 3 aromatic rings. The fourth-order valence-electron chi connectivity index (χ4n) is 2.94. The Bertz CT molecular complexity index is 844. The van der Waals surface area contributed by atoms with Gasteiger partial charge in [0.25, 0.3) is 0 Å². The van der Waals surface area contributed by atoms with Crippen LogP contribution in [0.25, 0.3) is 11.0 Å². The fourth-order valence-corrected chi connectivity index (χ4v) is 2.94. The van der Waals surface area contributed by atoms with Crippen LogP contribution in [0.5, 0.6) is 5.75 Å². The van der Waals surface area contributed by atoms with Crippen LogP contribution in [0.2, 0.25) is 0 Å². The van der Waals surface area contributed by atoms with Crippen molar-refractivity contribution < 1.29 is 9.13 Å². The van der Waals surface area contributed by atoms with Crippen LogP contribution in [-0.2, 0) is 13.1 Å². The first-order valence-corrected chi connectivity index (χ1v) is 8.15. The van der Waals surface area contributed by atoms with E-state index in [2.05, 4.69) is 29.8 Å². The average Bonchev–Trinajstić information content (AvgIpc) is 2.98. The number of nitrogens with one attached hydrogen (secondary N) is 1. The summed E-state index contributed by atoms with van der Waals surface area (Å²) in [6.45, 7) is 5.62. The molecule has 1 unspecified atom stereocenters. The van der Waals surface area contributed by atoms with E-state index in [0.717, 1.165) is 29.0 Å². The zero-order valence-electron chi connectivity index (χ0n) is 14.2. The van der Waals surface area contributed by atoms with Crippen LogP contribution in [0.15, 0.2) is 42.5 Å². The Morgan fingerprint density at radius 1 is 1.25 bits per heavy atom. The first kappa shape index (κ1) is 16.5. The van der Waals surface area contributed by atoms with Gasteiger partial charge in [-0.25, -0.2) is 9.37 Å². The summed E-state index contributed by atoms with van der Waals surface area (Å²) < 4.78 is 20.9. The third kappa shape index (κ3) is 3.12. The van der Waals surface area contributed by atoms with Crippen molar-refractivity contribution in [2.24, 2.45) is 0 Å². The number of benzene rings is 2. The molecule has 126 valence electrons. The zero-order valence-corrected chi connectivity index (χ0v) is 14.2. The summed E-state index contributed by atoms with van der Waals surface area (Å²) in [6.07, 6.45) is 0. The molecule has 0 saturated heterocycles. The number of aromatic nitrogens is 2. The third-order valence-electron chi connectivity index (χ3n) is 4.22. The molecule has 0 radical (unpaired) electrons. The van der Waals surface area contributed by atoms with Gasteiger partial charge >= 0.3 is 0 Å². The summed E-state index contributed by atoms with van der Waals surface area (Å²) in [5, 5.41) is 3.42. The van der Waals surface area contributed by atoms with E-state index in [0.29, 0.717) is 6.54 Å². The monoisotopic (exact) mass is 327 g/mol. The maximum atomic E-state index is 13.8. The Morgan fingerprint density at radius 3 is 2.75 bits per heavy atom. The fraction of sp³-hybridized carbons (Fsp3) is 0.316. The number of fused-ring (bicyclic) bond motifs is 1. The van der Waals surface area contributed by atoms with Crippen molar-refractivity contribution in [2.75, 3.05) is 7.11 Å². The molecule has 24 heavy (non-hydrogen) atoms. The summed E-state index contributed by atoms with van der Waals surface area (Å²) in [5.41, 5.74) is 3.01. The van der Waals surface area contributed by atoms with Crippen molar-refractivity contribution in [3.8, 4) is 5.75 Å². The van der Waals surface area contributed by atoms with Gasteiger partial charge in [-0.1, -0.05) is 18.2 Å². The summed E-state index contributed by atoms with van der Waals surface area (Å²) >= 11 is 0. The lowest BCUT2D eigenvalue weighted by atomic mass is 10.2. The van der Waals surface area contributed by atoms with Crippen molar-refractivity contribution in [1.82, 2.24) is 14.9 Å². The molecule has 0 aliphatic rings. The molecule has 2 aromatic carbocycles. The number of ether oxygens (including phenoxy) is 1. The number of hydrogen-bond acceptors (Lipinski definition) is 3. The molecule has 0 bridgehead atoms. The quantitative estimate of drug-likeness (QED) is 0.742. The first-order valence-electron chi connectivity index (χ1n) is 8.15. The number of nitrogens with zero attached hydrogens (tertiary/aromatic N) is 2. The molecule has 4 nitrogen and oxygen atoms in total. The Labute approximate surface area is 141 Å². The molecule has 3 rings (SSSR count). The van der Waals surface area contributed by atoms with Gasteiger partial charge in [0.05, 0.1) is 24.2 Å². The van der Waals surface area contributed by atoms with Crippen LogP contribution in [0.4, 0.5) is 4.39 Å². The molecule has 0 amide bonds. The normalized spacial score (nSPS) is 12.5. The van der Waals surface area contributed by atoms with E-state index in [1.165, 1.54) is 13.2 Å². The maximum absolute atomic E-state index is 13.8. The van der Waals surface area contributed by atoms with Gasteiger partial charge in [0.15, 0.2) is 11.6 Å². The standard InChI is InChI=1S/C19H22FN3O/c1-4-23-17-8-6-5-7-16(17)22-19(23)13(2)21-12-14-9-10-18(24-3)15(20)11-14/h5-11,13,21H,4,12H2,1-3H3. The minimum atomic E-state index is -0.342. The number of halogens is 1. The van der Waals surface area contributed by atoms with Crippen LogP contribution in [0, 0.1) is 5.82 Å². The molecular weight excluding hydrogens is 305 g/mol. The van der Waals surface area contributed by atoms with Crippen LogP contribution in [0.3, 0.4) is 0 Å². The van der Waals surface area contributed by atoms with Gasteiger partial charge in [0, 0.05) is 13.1 Å². The van der Waals surface area contributed by atoms with Gasteiger partial charge in [-0.3, -0.25) is 0 Å². The number of para-hydroxylation sites is 2. The lowest BCUT2D eigenvalue weighted by Gasteiger charge is -2.15. The van der Waals surface area contributed by atoms with Crippen LogP contribution in [-0.4, -0.2) is 16.7 Å². The predicted molar refractivity (Wildman–Crippen MR) is 93.6 cm³/mol. The van der Waals surface area contributed by atoms with Crippen molar-refractivity contribution in [3.05, 3.63) is 59.7 Å². The van der Waals surface area contributed by atoms with E-state index in [1.54, 1.807) is 6.07 Å². The molecule has 0 aliphatic heterocycles. The van der Waals surface area contributed by atoms with E-state index in [9.17, 15) is 4.39 Å². The number of hydrogen-bond donors (Lipinski definition) is 1. The lowest BCUT2D eigenvalue weighted by molar-refractivity contribution is 0.386. The van der Waals surface area contributed by atoms with Crippen LogP contribution >= 0.6 is 0 Å². The maximum Gasteiger partial charge on any atom is 0.165 e. The topological polar surface area (TPSA) is 39.1 Å². The molecule has 1 aromatic heterocycles. The number of imidazole rings is 1. The summed E-state index contributed by atoms with van der Waals surface area (Å²) in [7, 11) is 1.47. The second-order valence-corrected chi connectivity index (χ2v) is 5.77. The van der Waals surface area contributed by atoms with E-state index < -0.39 is 0 Å². The number of aryl methyl sites for hydroxylation is 1. The predicted octanol–water partition coefficient (Wildman–Crippen LogP) is 4.05. The number of methoxy groups -OCH3 is 1. The highest BCUT2D eigenvalue weighted by Crippen LogP contribution is 2.22. The molecule has 5 heteroatoms. The van der Waals surface area contributed by atoms with E-state index in [4.69, 9.17) is 9.72 Å². The van der Waals surface area contributed by atoms with Crippen molar-refractivity contribution in [2.45, 2.75) is 33.0 Å². The van der Waals surface area contributed by atoms with Gasteiger partial charge in [0.2, 0.25) is 0 Å². The average molecular weight is 327 g/mol. The van der Waals surface area contributed by atoms with E-state index >= 15 is 0 Å². The first-order chi connectivity index (χ1) is 11.6. The second kappa shape index (κ2) is 7.01. The Hall–Kier alpha value is -2.40. The lowest BCUT2D eigenvalue weighted by Crippen LogP contribution is -2.21. The van der Waals surface area contributed by atoms with Gasteiger partial charge in [-0.05, 0) is 43.7 Å². The Morgan fingerprint density at radius 2 is 2.04 bits per heavy atom. The third-order valence-corrected chi connectivity index (χ3v) is 4.22. The van der Waals surface area contributed by atoms with Crippen LogP contribution < -0.4 is 10.1 Å². The molecule has 1 heterocycles. The van der Waals surface area contributed by atoms with E-state index in [1.807, 2.05) is 24.3 Å². The van der Waals surface area contributed by atoms with Gasteiger partial charge in [-0.15, -0.1) is 0 Å².